The first kappa shape index (κ1) is 18.4. The molecular formula is C21H21BrN2O2. The van der Waals surface area contributed by atoms with E-state index in [1.807, 2.05) is 43.3 Å². The Labute approximate surface area is 162 Å². The van der Waals surface area contributed by atoms with E-state index in [-0.39, 0.29) is 18.4 Å². The molecule has 0 saturated heterocycles. The largest absolute Gasteiger partial charge is 0.332 e. The van der Waals surface area contributed by atoms with Crippen molar-refractivity contribution in [1.29, 1.82) is 0 Å². The number of hydrogen-bond acceptors (Lipinski definition) is 2. The molecule has 0 saturated carbocycles. The molecule has 0 radical (unpaired) electrons. The lowest BCUT2D eigenvalue weighted by Gasteiger charge is -2.19. The number of allylic oxidation sites excluding steroid dienone is 1. The summed E-state index contributed by atoms with van der Waals surface area (Å²) in [5.74, 6) is -0.364. The molecule has 1 aliphatic carbocycles. The lowest BCUT2D eigenvalue weighted by atomic mass is 9.95. The Hall–Kier alpha value is -2.40. The van der Waals surface area contributed by atoms with Crippen molar-refractivity contribution < 1.29 is 9.59 Å². The molecule has 0 spiro atoms. The zero-order valence-electron chi connectivity index (χ0n) is 14.9. The average molecular weight is 413 g/mol. The van der Waals surface area contributed by atoms with Crippen LogP contribution >= 0.6 is 15.9 Å². The Morgan fingerprint density at radius 3 is 2.77 bits per heavy atom. The predicted molar refractivity (Wildman–Crippen MR) is 108 cm³/mol. The molecule has 2 aromatic carbocycles. The smallest absolute Gasteiger partial charge is 0.254 e. The third-order valence-corrected chi connectivity index (χ3v) is 4.95. The van der Waals surface area contributed by atoms with Crippen LogP contribution in [0.5, 0.6) is 0 Å². The molecular weight excluding hydrogens is 392 g/mol. The zero-order valence-corrected chi connectivity index (χ0v) is 16.5. The molecule has 2 aromatic rings. The maximum absolute atomic E-state index is 12.7. The van der Waals surface area contributed by atoms with Crippen molar-refractivity contribution in [2.24, 2.45) is 0 Å². The topological polar surface area (TPSA) is 49.4 Å². The Morgan fingerprint density at radius 1 is 1.19 bits per heavy atom. The number of nitrogens with zero attached hydrogens (tertiary/aromatic N) is 1. The molecule has 26 heavy (non-hydrogen) atoms. The number of aryl methyl sites for hydroxylation is 2. The van der Waals surface area contributed by atoms with Crippen LogP contribution in [0.15, 0.2) is 46.9 Å². The van der Waals surface area contributed by atoms with Gasteiger partial charge in [-0.3, -0.25) is 9.59 Å². The minimum absolute atomic E-state index is 0.00528. The maximum atomic E-state index is 12.7. The summed E-state index contributed by atoms with van der Waals surface area (Å²) in [5.41, 5.74) is 4.68. The van der Waals surface area contributed by atoms with Gasteiger partial charge in [-0.05, 0) is 66.8 Å². The summed E-state index contributed by atoms with van der Waals surface area (Å²) in [6, 6.07) is 11.4. The summed E-state index contributed by atoms with van der Waals surface area (Å²) in [6.45, 7) is 1.93. The maximum Gasteiger partial charge on any atom is 0.254 e. The lowest BCUT2D eigenvalue weighted by Crippen LogP contribution is -2.35. The first-order valence-corrected chi connectivity index (χ1v) is 9.34. The predicted octanol–water partition coefficient (Wildman–Crippen LogP) is 4.43. The van der Waals surface area contributed by atoms with E-state index in [2.05, 4.69) is 33.4 Å². The van der Waals surface area contributed by atoms with Crippen LogP contribution in [0.1, 0.15) is 33.5 Å². The van der Waals surface area contributed by atoms with E-state index in [0.29, 0.717) is 5.56 Å². The van der Waals surface area contributed by atoms with Crippen molar-refractivity contribution in [3.8, 4) is 0 Å². The van der Waals surface area contributed by atoms with Crippen LogP contribution in [-0.4, -0.2) is 30.3 Å². The van der Waals surface area contributed by atoms with Gasteiger partial charge in [0.2, 0.25) is 5.91 Å². The van der Waals surface area contributed by atoms with Crippen molar-refractivity contribution in [3.63, 3.8) is 0 Å². The molecule has 2 amide bonds. The second-order valence-corrected chi connectivity index (χ2v) is 7.44. The first-order valence-electron chi connectivity index (χ1n) is 8.55. The number of amides is 2. The van der Waals surface area contributed by atoms with Crippen molar-refractivity contribution in [2.45, 2.75) is 19.8 Å². The molecule has 0 unspecified atom stereocenters. The van der Waals surface area contributed by atoms with Gasteiger partial charge in [-0.15, -0.1) is 0 Å². The number of fused-ring (bicyclic) bond motifs is 1. The Morgan fingerprint density at radius 2 is 2.00 bits per heavy atom. The average Bonchev–Trinajstić information content (AvgIpc) is 2.63. The number of carbonyl (C=O) groups is 2. The van der Waals surface area contributed by atoms with E-state index in [4.69, 9.17) is 0 Å². The fraction of sp³-hybridized carbons (Fsp3) is 0.238. The number of rotatable bonds is 4. The van der Waals surface area contributed by atoms with E-state index >= 15 is 0 Å². The molecule has 0 heterocycles. The summed E-state index contributed by atoms with van der Waals surface area (Å²) in [5, 5.41) is 2.86. The number of nitrogens with one attached hydrogen (secondary N) is 1. The highest BCUT2D eigenvalue weighted by molar-refractivity contribution is 9.10. The second kappa shape index (κ2) is 7.87. The minimum atomic E-state index is -0.216. The number of likely N-dealkylation sites (N-methyl/N-ethyl adjacent to an activating group) is 1. The number of halogens is 1. The Bertz CT molecular complexity index is 890. The van der Waals surface area contributed by atoms with E-state index < -0.39 is 0 Å². The fourth-order valence-electron chi connectivity index (χ4n) is 3.03. The van der Waals surface area contributed by atoms with Gasteiger partial charge in [0.05, 0.1) is 6.54 Å². The molecule has 134 valence electrons. The SMILES string of the molecule is Cc1cc(Br)ccc1NC(=O)CN(C)C(=O)c1ccc2c(c1)CCC=C2. The lowest BCUT2D eigenvalue weighted by molar-refractivity contribution is -0.116. The molecule has 3 rings (SSSR count). The van der Waals surface area contributed by atoms with Crippen LogP contribution < -0.4 is 5.32 Å². The Balaban J connectivity index is 1.65. The highest BCUT2D eigenvalue weighted by Crippen LogP contribution is 2.22. The third kappa shape index (κ3) is 4.22. The van der Waals surface area contributed by atoms with Crippen LogP contribution in [0, 0.1) is 6.92 Å². The highest BCUT2D eigenvalue weighted by Gasteiger charge is 2.17. The van der Waals surface area contributed by atoms with Crippen LogP contribution in [-0.2, 0) is 11.2 Å². The summed E-state index contributed by atoms with van der Waals surface area (Å²) in [4.78, 5) is 26.4. The van der Waals surface area contributed by atoms with Crippen molar-refractivity contribution in [1.82, 2.24) is 4.90 Å². The van der Waals surface area contributed by atoms with Gasteiger partial charge in [0.15, 0.2) is 0 Å². The second-order valence-electron chi connectivity index (χ2n) is 6.52. The molecule has 1 aliphatic rings. The van der Waals surface area contributed by atoms with Gasteiger partial charge in [0.25, 0.3) is 5.91 Å². The van der Waals surface area contributed by atoms with Gasteiger partial charge in [-0.2, -0.15) is 0 Å². The van der Waals surface area contributed by atoms with E-state index in [9.17, 15) is 9.59 Å². The van der Waals surface area contributed by atoms with Crippen LogP contribution in [0.2, 0.25) is 0 Å². The monoisotopic (exact) mass is 412 g/mol. The molecule has 5 heteroatoms. The molecule has 0 aromatic heterocycles. The van der Waals surface area contributed by atoms with Gasteiger partial charge in [0, 0.05) is 22.8 Å². The summed E-state index contributed by atoms with van der Waals surface area (Å²) in [7, 11) is 1.65. The van der Waals surface area contributed by atoms with Crippen LogP contribution in [0.25, 0.3) is 6.08 Å². The molecule has 4 nitrogen and oxygen atoms in total. The van der Waals surface area contributed by atoms with Gasteiger partial charge in [0.1, 0.15) is 0 Å². The standard InChI is InChI=1S/C21H21BrN2O2/c1-14-11-18(22)9-10-19(14)23-20(25)13-24(2)21(26)17-8-7-15-5-3-4-6-16(15)12-17/h3,5,7-12H,4,6,13H2,1-2H3,(H,23,25). The van der Waals surface area contributed by atoms with E-state index in [1.54, 1.807) is 7.05 Å². The van der Waals surface area contributed by atoms with Gasteiger partial charge >= 0.3 is 0 Å². The van der Waals surface area contributed by atoms with E-state index in [1.165, 1.54) is 16.0 Å². The van der Waals surface area contributed by atoms with Crippen molar-refractivity contribution >= 4 is 39.5 Å². The normalized spacial score (nSPS) is 12.4. The molecule has 0 bridgehead atoms. The van der Waals surface area contributed by atoms with Crippen molar-refractivity contribution in [2.75, 3.05) is 18.9 Å². The van der Waals surface area contributed by atoms with Crippen LogP contribution in [0.4, 0.5) is 5.69 Å². The molecule has 0 fully saturated rings. The van der Waals surface area contributed by atoms with Gasteiger partial charge in [-0.25, -0.2) is 0 Å². The molecule has 0 atom stereocenters. The van der Waals surface area contributed by atoms with Gasteiger partial charge in [-0.1, -0.05) is 34.1 Å². The highest BCUT2D eigenvalue weighted by atomic mass is 79.9. The Kier molecular flexibility index (Phi) is 5.57. The minimum Gasteiger partial charge on any atom is -0.332 e. The molecule has 1 N–H and O–H groups in total. The van der Waals surface area contributed by atoms with Crippen molar-refractivity contribution in [3.05, 3.63) is 69.2 Å². The van der Waals surface area contributed by atoms with E-state index in [0.717, 1.165) is 28.6 Å². The number of anilines is 1. The van der Waals surface area contributed by atoms with Gasteiger partial charge < -0.3 is 10.2 Å². The fourth-order valence-corrected chi connectivity index (χ4v) is 3.51. The zero-order chi connectivity index (χ0) is 18.7. The molecule has 0 aliphatic heterocycles. The first-order chi connectivity index (χ1) is 12.4. The summed E-state index contributed by atoms with van der Waals surface area (Å²) >= 11 is 3.40. The summed E-state index contributed by atoms with van der Waals surface area (Å²) in [6.07, 6.45) is 6.17. The number of carbonyl (C=O) groups excluding carboxylic acids is 2. The summed E-state index contributed by atoms with van der Waals surface area (Å²) < 4.78 is 0.961. The third-order valence-electron chi connectivity index (χ3n) is 4.46. The quantitative estimate of drug-likeness (QED) is 0.807. The number of benzene rings is 2. The number of hydrogen-bond donors (Lipinski definition) is 1. The van der Waals surface area contributed by atoms with Crippen LogP contribution in [0.3, 0.4) is 0 Å².